The maximum atomic E-state index is 13.5. The van der Waals surface area contributed by atoms with Gasteiger partial charge in [0, 0.05) is 19.2 Å². The summed E-state index contributed by atoms with van der Waals surface area (Å²) < 4.78 is 61.6. The zero-order valence-corrected chi connectivity index (χ0v) is 20.2. The maximum absolute atomic E-state index is 13.5. The van der Waals surface area contributed by atoms with Crippen molar-refractivity contribution in [1.82, 2.24) is 0 Å². The van der Waals surface area contributed by atoms with E-state index < -0.39 is 31.8 Å². The number of hydrogen-bond acceptors (Lipinski definition) is 6. The molecule has 10 heteroatoms. The van der Waals surface area contributed by atoms with E-state index in [-0.39, 0.29) is 36.5 Å². The molecule has 0 bridgehead atoms. The molecule has 1 aliphatic heterocycles. The van der Waals surface area contributed by atoms with Crippen LogP contribution in [-0.2, 0) is 27.3 Å². The molecule has 0 amide bonds. The normalized spacial score (nSPS) is 14.2. The number of halogens is 3. The second kappa shape index (κ2) is 9.97. The van der Waals surface area contributed by atoms with Crippen molar-refractivity contribution in [3.05, 3.63) is 33.9 Å². The highest BCUT2D eigenvalue weighted by Gasteiger charge is 2.40. The van der Waals surface area contributed by atoms with Gasteiger partial charge < -0.3 is 18.9 Å². The van der Waals surface area contributed by atoms with Crippen molar-refractivity contribution in [1.29, 1.82) is 0 Å². The van der Waals surface area contributed by atoms with Gasteiger partial charge in [0.15, 0.2) is 0 Å². The van der Waals surface area contributed by atoms with Gasteiger partial charge in [-0.1, -0.05) is 25.7 Å². The lowest BCUT2D eigenvalue weighted by atomic mass is 9.94. The molecule has 0 radical (unpaired) electrons. The molecule has 0 unspecified atom stereocenters. The number of hydrogen-bond donors (Lipinski definition) is 0. The van der Waals surface area contributed by atoms with Gasteiger partial charge in [-0.15, -0.1) is 0 Å². The molecular weight excluding hydrogens is 445 g/mol. The van der Waals surface area contributed by atoms with Crippen molar-refractivity contribution in [2.75, 3.05) is 20.3 Å². The molecule has 2 rings (SSSR count). The lowest BCUT2D eigenvalue weighted by molar-refractivity contribution is -0.150. The van der Waals surface area contributed by atoms with Crippen LogP contribution in [0.5, 0.6) is 11.5 Å². The minimum absolute atomic E-state index is 0.0352. The quantitative estimate of drug-likeness (QED) is 0.285. The molecule has 1 aromatic rings. The molecule has 1 aliphatic rings. The van der Waals surface area contributed by atoms with Crippen LogP contribution >= 0.6 is 0 Å². The predicted octanol–water partition coefficient (Wildman–Crippen LogP) is 4.99. The molecule has 0 fully saturated rings. The maximum Gasteiger partial charge on any atom is 0.423 e. The molecule has 178 valence electrons. The topological polar surface area (TPSA) is 71.1 Å². The molecule has 1 aromatic carbocycles. The van der Waals surface area contributed by atoms with Gasteiger partial charge >= 0.3 is 18.1 Å². The van der Waals surface area contributed by atoms with Crippen LogP contribution in [0, 0.1) is 6.92 Å². The zero-order chi connectivity index (χ0) is 24.3. The van der Waals surface area contributed by atoms with E-state index in [1.54, 1.807) is 6.92 Å². The van der Waals surface area contributed by atoms with Gasteiger partial charge in [-0.3, -0.25) is 0 Å². The van der Waals surface area contributed by atoms with Crippen molar-refractivity contribution in [2.24, 2.45) is 0 Å². The third-order valence-corrected chi connectivity index (χ3v) is 6.74. The summed E-state index contributed by atoms with van der Waals surface area (Å²) in [5.41, 5.74) is 0.203. The summed E-state index contributed by atoms with van der Waals surface area (Å²) in [6, 6.07) is 0.777. The van der Waals surface area contributed by atoms with Crippen LogP contribution < -0.4 is 9.47 Å². The van der Waals surface area contributed by atoms with Gasteiger partial charge in [-0.05, 0) is 31.9 Å². The van der Waals surface area contributed by atoms with E-state index >= 15 is 0 Å². The van der Waals surface area contributed by atoms with Crippen LogP contribution in [0.3, 0.4) is 0 Å². The Morgan fingerprint density at radius 2 is 1.88 bits per heavy atom. The Hall–Kier alpha value is -2.49. The van der Waals surface area contributed by atoms with E-state index in [4.69, 9.17) is 14.2 Å². The van der Waals surface area contributed by atoms with Crippen LogP contribution in [0.4, 0.5) is 13.2 Å². The lowest BCUT2D eigenvalue weighted by Crippen LogP contribution is -2.23. The first kappa shape index (κ1) is 25.8. The van der Waals surface area contributed by atoms with E-state index in [0.717, 1.165) is 12.1 Å². The smallest absolute Gasteiger partial charge is 0.423 e. The number of alkyl halides is 3. The fourth-order valence-electron chi connectivity index (χ4n) is 3.36. The number of rotatable bonds is 9. The molecule has 0 saturated heterocycles. The second-order valence-electron chi connectivity index (χ2n) is 8.59. The first-order chi connectivity index (χ1) is 14.8. The fraction of sp³-hybridized carbons (Fsp3) is 0.545. The van der Waals surface area contributed by atoms with Gasteiger partial charge in [0.05, 0.1) is 20.3 Å². The molecule has 0 saturated carbocycles. The Bertz CT molecular complexity index is 916. The highest BCUT2D eigenvalue weighted by atomic mass is 28.3. The molecule has 6 nitrogen and oxygen atoms in total. The first-order valence-corrected chi connectivity index (χ1v) is 14.0. The van der Waals surface area contributed by atoms with Crippen LogP contribution in [-0.4, -0.2) is 46.5 Å². The highest BCUT2D eigenvalue weighted by molar-refractivity contribution is 6.76. The van der Waals surface area contributed by atoms with Crippen molar-refractivity contribution in [3.8, 4) is 11.5 Å². The molecule has 1 heterocycles. The Labute approximate surface area is 186 Å². The Kier molecular flexibility index (Phi) is 8.03. The summed E-state index contributed by atoms with van der Waals surface area (Å²) in [6.07, 6.45) is -4.50. The summed E-state index contributed by atoms with van der Waals surface area (Å²) in [6.45, 7) is 9.74. The number of esters is 2. The standard InChI is InChI=1S/C22H29F3O6Si/c1-7-29-20(26)16(22(23,24)25)9-8-14-18(28-3)13(2)15-12-31-21(27)17(15)19(14)30-10-11-32(4,5)6/h9H,7-8,10-12H2,1-6H3/b16-9-. The Morgan fingerprint density at radius 3 is 2.41 bits per heavy atom. The Morgan fingerprint density at radius 1 is 1.22 bits per heavy atom. The van der Waals surface area contributed by atoms with E-state index in [1.165, 1.54) is 14.0 Å². The average molecular weight is 475 g/mol. The number of ether oxygens (including phenoxy) is 4. The first-order valence-electron chi connectivity index (χ1n) is 10.3. The van der Waals surface area contributed by atoms with Crippen molar-refractivity contribution in [2.45, 2.75) is 58.7 Å². The SMILES string of the molecule is CCOC(=O)/C(=C/Cc1c(OC)c(C)c2c(c1OCC[Si](C)(C)C)C(=O)OC2)C(F)(F)F. The third kappa shape index (κ3) is 5.84. The van der Waals surface area contributed by atoms with Crippen molar-refractivity contribution >= 4 is 20.0 Å². The van der Waals surface area contributed by atoms with E-state index in [0.29, 0.717) is 23.5 Å². The molecular formula is C22H29F3O6Si. The zero-order valence-electron chi connectivity index (χ0n) is 19.2. The Balaban J connectivity index is 2.61. The van der Waals surface area contributed by atoms with Gasteiger partial charge in [0.2, 0.25) is 0 Å². The summed E-state index contributed by atoms with van der Waals surface area (Å²) in [4.78, 5) is 24.3. The van der Waals surface area contributed by atoms with E-state index in [2.05, 4.69) is 24.4 Å². The third-order valence-electron chi connectivity index (χ3n) is 5.04. The molecule has 0 N–H and O–H groups in total. The monoisotopic (exact) mass is 474 g/mol. The highest BCUT2D eigenvalue weighted by Crippen LogP contribution is 2.43. The predicted molar refractivity (Wildman–Crippen MR) is 115 cm³/mol. The van der Waals surface area contributed by atoms with E-state index in [9.17, 15) is 22.8 Å². The van der Waals surface area contributed by atoms with Crippen molar-refractivity contribution in [3.63, 3.8) is 0 Å². The molecule has 32 heavy (non-hydrogen) atoms. The number of allylic oxidation sites excluding steroid dienone is 1. The molecule has 0 aliphatic carbocycles. The summed E-state index contributed by atoms with van der Waals surface area (Å²) in [5.74, 6) is -1.62. The minimum Gasteiger partial charge on any atom is -0.496 e. The lowest BCUT2D eigenvalue weighted by Gasteiger charge is -2.21. The summed E-state index contributed by atoms with van der Waals surface area (Å²) in [5, 5.41) is 0. The largest absolute Gasteiger partial charge is 0.496 e. The van der Waals surface area contributed by atoms with Gasteiger partial charge in [-0.25, -0.2) is 9.59 Å². The number of carbonyl (C=O) groups excluding carboxylic acids is 2. The molecule has 0 spiro atoms. The fourth-order valence-corrected chi connectivity index (χ4v) is 4.07. The van der Waals surface area contributed by atoms with Gasteiger partial charge in [0.1, 0.15) is 29.2 Å². The van der Waals surface area contributed by atoms with E-state index in [1.807, 2.05) is 0 Å². The van der Waals surface area contributed by atoms with Crippen LogP contribution in [0.1, 0.15) is 34.0 Å². The summed E-state index contributed by atoms with van der Waals surface area (Å²) >= 11 is 0. The molecule has 0 aromatic heterocycles. The van der Waals surface area contributed by atoms with Crippen molar-refractivity contribution < 1.29 is 41.7 Å². The molecule has 0 atom stereocenters. The average Bonchev–Trinajstić information content (AvgIpc) is 3.04. The number of fused-ring (bicyclic) bond motifs is 1. The van der Waals surface area contributed by atoms with Gasteiger partial charge in [-0.2, -0.15) is 13.2 Å². The van der Waals surface area contributed by atoms with Crippen LogP contribution in [0.2, 0.25) is 25.7 Å². The number of methoxy groups -OCH3 is 1. The second-order valence-corrected chi connectivity index (χ2v) is 14.2. The van der Waals surface area contributed by atoms with Gasteiger partial charge in [0.25, 0.3) is 0 Å². The number of cyclic esters (lactones) is 1. The number of benzene rings is 1. The summed E-state index contributed by atoms with van der Waals surface area (Å²) in [7, 11) is -0.0932. The van der Waals surface area contributed by atoms with Crippen LogP contribution in [0.15, 0.2) is 11.6 Å². The number of carbonyl (C=O) groups is 2. The minimum atomic E-state index is -4.90. The van der Waals surface area contributed by atoms with Crippen LogP contribution in [0.25, 0.3) is 0 Å².